The number of nitrogens with one attached hydrogen (secondary N) is 1. The van der Waals surface area contributed by atoms with Gasteiger partial charge < -0.3 is 16.0 Å². The maximum absolute atomic E-state index is 13.3. The number of carbonyl (C=O) groups excluding carboxylic acids is 3. The zero-order chi connectivity index (χ0) is 22.6. The van der Waals surface area contributed by atoms with Gasteiger partial charge in [-0.15, -0.1) is 0 Å². The van der Waals surface area contributed by atoms with Crippen LogP contribution in [0, 0.1) is 11.7 Å². The van der Waals surface area contributed by atoms with Crippen molar-refractivity contribution < 1.29 is 18.8 Å². The normalized spacial score (nSPS) is 16.6. The molecule has 1 heterocycles. The highest BCUT2D eigenvalue weighted by Gasteiger charge is 2.28. The first-order chi connectivity index (χ1) is 14.9. The lowest BCUT2D eigenvalue weighted by Gasteiger charge is -2.33. The molecule has 1 aromatic carbocycles. The van der Waals surface area contributed by atoms with E-state index in [1.165, 1.54) is 35.6 Å². The molecule has 31 heavy (non-hydrogen) atoms. The van der Waals surface area contributed by atoms with Gasteiger partial charge in [-0.3, -0.25) is 19.3 Å². The van der Waals surface area contributed by atoms with Crippen LogP contribution in [0.25, 0.3) is 0 Å². The Balaban J connectivity index is 1.91. The van der Waals surface area contributed by atoms with Gasteiger partial charge in [0, 0.05) is 31.7 Å². The summed E-state index contributed by atoms with van der Waals surface area (Å²) in [4.78, 5) is 40.2. The fourth-order valence-electron chi connectivity index (χ4n) is 3.84. The van der Waals surface area contributed by atoms with Gasteiger partial charge in [0.05, 0.1) is 12.5 Å². The molecule has 1 aliphatic rings. The molecule has 0 radical (unpaired) electrons. The molecule has 2 rings (SSSR count). The number of anilines is 1. The Bertz CT molecular complexity index is 726. The lowest BCUT2D eigenvalue weighted by Crippen LogP contribution is -2.48. The summed E-state index contributed by atoms with van der Waals surface area (Å²) in [6.07, 6.45) is 6.12. The predicted molar refractivity (Wildman–Crippen MR) is 119 cm³/mol. The van der Waals surface area contributed by atoms with E-state index in [1.807, 2.05) is 4.90 Å². The Morgan fingerprint density at radius 3 is 2.61 bits per heavy atom. The monoisotopic (exact) mass is 434 g/mol. The topological polar surface area (TPSA) is 95.7 Å². The third-order valence-corrected chi connectivity index (χ3v) is 5.59. The number of hydrogen-bond acceptors (Lipinski definition) is 4. The SMILES string of the molecule is CCCCCCNC(=O)C1CCCN(CC(=O)N(CCC(N)=O)c2ccc(F)cc2)C1. The van der Waals surface area contributed by atoms with Crippen LogP contribution in [-0.2, 0) is 14.4 Å². The smallest absolute Gasteiger partial charge is 0.241 e. The van der Waals surface area contributed by atoms with Crippen LogP contribution >= 0.6 is 0 Å². The average molecular weight is 435 g/mol. The minimum absolute atomic E-state index is 0.0200. The molecule has 8 heteroatoms. The molecule has 1 unspecified atom stereocenters. The lowest BCUT2D eigenvalue weighted by molar-refractivity contribution is -0.128. The molecule has 1 saturated heterocycles. The highest BCUT2D eigenvalue weighted by atomic mass is 19.1. The third kappa shape index (κ3) is 8.65. The van der Waals surface area contributed by atoms with Crippen molar-refractivity contribution in [2.45, 2.75) is 51.9 Å². The van der Waals surface area contributed by atoms with Crippen LogP contribution in [0.2, 0.25) is 0 Å². The van der Waals surface area contributed by atoms with Gasteiger partial charge in [0.25, 0.3) is 0 Å². The van der Waals surface area contributed by atoms with E-state index >= 15 is 0 Å². The summed E-state index contributed by atoms with van der Waals surface area (Å²) < 4.78 is 13.3. The van der Waals surface area contributed by atoms with Crippen molar-refractivity contribution in [3.05, 3.63) is 30.1 Å². The number of unbranched alkanes of at least 4 members (excludes halogenated alkanes) is 3. The van der Waals surface area contributed by atoms with E-state index in [9.17, 15) is 18.8 Å². The number of hydrogen-bond donors (Lipinski definition) is 2. The number of primary amides is 1. The summed E-state index contributed by atoms with van der Waals surface area (Å²) in [6, 6.07) is 5.59. The Kier molecular flexibility index (Phi) is 10.4. The molecule has 172 valence electrons. The van der Waals surface area contributed by atoms with Crippen LogP contribution in [0.4, 0.5) is 10.1 Å². The third-order valence-electron chi connectivity index (χ3n) is 5.59. The standard InChI is InChI=1S/C23H35FN4O3/c1-2-3-4-5-13-26-23(31)18-7-6-14-27(16-18)17-22(30)28(15-12-21(25)29)20-10-8-19(24)9-11-20/h8-11,18H,2-7,12-17H2,1H3,(H2,25,29)(H,26,31). The zero-order valence-electron chi connectivity index (χ0n) is 18.4. The Morgan fingerprint density at radius 1 is 1.19 bits per heavy atom. The summed E-state index contributed by atoms with van der Waals surface area (Å²) >= 11 is 0. The molecule has 0 aliphatic carbocycles. The zero-order valence-corrected chi connectivity index (χ0v) is 18.4. The first-order valence-corrected chi connectivity index (χ1v) is 11.2. The van der Waals surface area contributed by atoms with Crippen molar-refractivity contribution in [2.24, 2.45) is 11.7 Å². The van der Waals surface area contributed by atoms with Crippen LogP contribution in [0.5, 0.6) is 0 Å². The fraction of sp³-hybridized carbons (Fsp3) is 0.609. The maximum Gasteiger partial charge on any atom is 0.241 e. The van der Waals surface area contributed by atoms with Crippen molar-refractivity contribution in [3.63, 3.8) is 0 Å². The first-order valence-electron chi connectivity index (χ1n) is 11.2. The maximum atomic E-state index is 13.3. The molecule has 0 saturated carbocycles. The molecular weight excluding hydrogens is 399 g/mol. The van der Waals surface area contributed by atoms with Gasteiger partial charge in [0.15, 0.2) is 0 Å². The molecule has 0 bridgehead atoms. The van der Waals surface area contributed by atoms with Crippen molar-refractivity contribution >= 4 is 23.4 Å². The van der Waals surface area contributed by atoms with E-state index in [4.69, 9.17) is 5.73 Å². The van der Waals surface area contributed by atoms with Crippen molar-refractivity contribution in [3.8, 4) is 0 Å². The minimum atomic E-state index is -0.506. The van der Waals surface area contributed by atoms with E-state index in [1.54, 1.807) is 0 Å². The summed E-state index contributed by atoms with van der Waals surface area (Å²) in [5, 5.41) is 3.02. The second-order valence-electron chi connectivity index (χ2n) is 8.16. The van der Waals surface area contributed by atoms with Gasteiger partial charge in [-0.25, -0.2) is 4.39 Å². The Morgan fingerprint density at radius 2 is 1.94 bits per heavy atom. The van der Waals surface area contributed by atoms with Crippen LogP contribution in [0.1, 0.15) is 51.9 Å². The molecule has 7 nitrogen and oxygen atoms in total. The number of amides is 3. The molecule has 3 N–H and O–H groups in total. The molecule has 3 amide bonds. The van der Waals surface area contributed by atoms with Gasteiger partial charge in [0.1, 0.15) is 5.82 Å². The van der Waals surface area contributed by atoms with E-state index in [-0.39, 0.29) is 37.2 Å². The van der Waals surface area contributed by atoms with Crippen LogP contribution in [0.3, 0.4) is 0 Å². The Labute approximate surface area is 184 Å². The number of rotatable bonds is 12. The van der Waals surface area contributed by atoms with Gasteiger partial charge in [-0.2, -0.15) is 0 Å². The summed E-state index contributed by atoms with van der Waals surface area (Å²) in [5.74, 6) is -1.18. The average Bonchev–Trinajstić information content (AvgIpc) is 2.75. The van der Waals surface area contributed by atoms with Crippen molar-refractivity contribution in [1.29, 1.82) is 0 Å². The molecular formula is C23H35FN4O3. The van der Waals surface area contributed by atoms with E-state index in [2.05, 4.69) is 12.2 Å². The minimum Gasteiger partial charge on any atom is -0.370 e. The van der Waals surface area contributed by atoms with Gasteiger partial charge in [-0.1, -0.05) is 26.2 Å². The van der Waals surface area contributed by atoms with E-state index in [0.717, 1.165) is 38.6 Å². The summed E-state index contributed by atoms with van der Waals surface area (Å²) in [7, 11) is 0. The molecule has 1 aliphatic heterocycles. The number of likely N-dealkylation sites (tertiary alicyclic amines) is 1. The quantitative estimate of drug-likeness (QED) is 0.494. The number of halogens is 1. The number of nitrogens with zero attached hydrogens (tertiary/aromatic N) is 2. The first kappa shape index (κ1) is 24.8. The fourth-order valence-corrected chi connectivity index (χ4v) is 3.84. The molecule has 0 spiro atoms. The number of piperidine rings is 1. The van der Waals surface area contributed by atoms with Crippen LogP contribution < -0.4 is 16.0 Å². The molecule has 0 aromatic heterocycles. The number of nitrogens with two attached hydrogens (primary N) is 1. The van der Waals surface area contributed by atoms with E-state index in [0.29, 0.717) is 18.8 Å². The molecule has 1 atom stereocenters. The highest BCUT2D eigenvalue weighted by Crippen LogP contribution is 2.19. The molecule has 1 fully saturated rings. The van der Waals surface area contributed by atoms with Crippen LogP contribution in [-0.4, -0.2) is 55.3 Å². The highest BCUT2D eigenvalue weighted by molar-refractivity contribution is 5.95. The van der Waals surface area contributed by atoms with Gasteiger partial charge >= 0.3 is 0 Å². The van der Waals surface area contributed by atoms with Gasteiger partial charge in [0.2, 0.25) is 17.7 Å². The second-order valence-corrected chi connectivity index (χ2v) is 8.16. The van der Waals surface area contributed by atoms with E-state index < -0.39 is 11.7 Å². The van der Waals surface area contributed by atoms with Gasteiger partial charge in [-0.05, 0) is 50.1 Å². The second kappa shape index (κ2) is 13.0. The largest absolute Gasteiger partial charge is 0.370 e. The Hall–Kier alpha value is -2.48. The predicted octanol–water partition coefficient (Wildman–Crippen LogP) is 2.44. The van der Waals surface area contributed by atoms with Crippen molar-refractivity contribution in [1.82, 2.24) is 10.2 Å². The lowest BCUT2D eigenvalue weighted by atomic mass is 9.97. The number of carbonyl (C=O) groups is 3. The molecule has 1 aromatic rings. The summed E-state index contributed by atoms with van der Waals surface area (Å²) in [6.45, 7) is 4.38. The number of benzene rings is 1. The van der Waals surface area contributed by atoms with Crippen LogP contribution in [0.15, 0.2) is 24.3 Å². The van der Waals surface area contributed by atoms with Crippen molar-refractivity contribution in [2.75, 3.05) is 37.6 Å². The summed E-state index contributed by atoms with van der Waals surface area (Å²) in [5.41, 5.74) is 5.77.